The maximum absolute atomic E-state index is 5.67. The van der Waals surface area contributed by atoms with Crippen molar-refractivity contribution in [2.45, 2.75) is 26.2 Å². The van der Waals surface area contributed by atoms with Crippen molar-refractivity contribution in [2.75, 3.05) is 5.73 Å². The van der Waals surface area contributed by atoms with E-state index in [9.17, 15) is 0 Å². The van der Waals surface area contributed by atoms with Crippen molar-refractivity contribution in [2.24, 2.45) is 0 Å². The van der Waals surface area contributed by atoms with Gasteiger partial charge in [0.05, 0.1) is 0 Å². The molecule has 3 aromatic heterocycles. The van der Waals surface area contributed by atoms with E-state index in [-0.39, 0.29) is 5.41 Å². The molecular weight excluding hydrogens is 260 g/mol. The topological polar surface area (TPSA) is 55.7 Å². The Morgan fingerprint density at radius 3 is 2.43 bits per heavy atom. The van der Waals surface area contributed by atoms with E-state index in [4.69, 9.17) is 5.73 Å². The second-order valence-corrected chi connectivity index (χ2v) is 6.22. The van der Waals surface area contributed by atoms with Crippen molar-refractivity contribution in [1.29, 1.82) is 0 Å². The monoisotopic (exact) mass is 279 g/mol. The van der Waals surface area contributed by atoms with E-state index >= 15 is 0 Å². The molecule has 21 heavy (non-hydrogen) atoms. The molecule has 0 aliphatic heterocycles. The Morgan fingerprint density at radius 1 is 1.05 bits per heavy atom. The lowest BCUT2D eigenvalue weighted by molar-refractivity contribution is -0.596. The number of anilines is 1. The largest absolute Gasteiger partial charge is 0.384 e. The van der Waals surface area contributed by atoms with E-state index in [1.807, 2.05) is 12.3 Å². The highest BCUT2D eigenvalue weighted by atomic mass is 15.0. The van der Waals surface area contributed by atoms with Crippen LogP contribution >= 0.6 is 0 Å². The number of hydrogen-bond donors (Lipinski definition) is 1. The lowest BCUT2D eigenvalue weighted by Crippen LogP contribution is -2.30. The van der Waals surface area contributed by atoms with E-state index < -0.39 is 0 Å². The van der Waals surface area contributed by atoms with Gasteiger partial charge in [-0.3, -0.25) is 0 Å². The van der Waals surface area contributed by atoms with Crippen LogP contribution in [0.1, 0.15) is 26.3 Å². The Morgan fingerprint density at radius 2 is 1.76 bits per heavy atom. The minimum absolute atomic E-state index is 0.155. The molecular formula is C17H19N4+. The first-order valence-electron chi connectivity index (χ1n) is 6.98. The van der Waals surface area contributed by atoms with Gasteiger partial charge in [0.25, 0.3) is 0 Å². The minimum Gasteiger partial charge on any atom is -0.384 e. The van der Waals surface area contributed by atoms with Crippen LogP contribution in [-0.2, 0) is 5.41 Å². The van der Waals surface area contributed by atoms with E-state index in [1.54, 1.807) is 6.07 Å². The van der Waals surface area contributed by atoms with Gasteiger partial charge in [0, 0.05) is 23.6 Å². The minimum atomic E-state index is 0.155. The highest BCUT2D eigenvalue weighted by Gasteiger charge is 2.16. The zero-order valence-electron chi connectivity index (χ0n) is 12.5. The zero-order valence-corrected chi connectivity index (χ0v) is 12.5. The second-order valence-electron chi connectivity index (χ2n) is 6.22. The molecule has 0 unspecified atom stereocenters. The smallest absolute Gasteiger partial charge is 0.229 e. The summed E-state index contributed by atoms with van der Waals surface area (Å²) >= 11 is 0. The van der Waals surface area contributed by atoms with Gasteiger partial charge in [-0.05, 0) is 23.1 Å². The van der Waals surface area contributed by atoms with Crippen molar-refractivity contribution >= 4 is 16.9 Å². The van der Waals surface area contributed by atoms with Crippen LogP contribution in [0, 0.1) is 0 Å². The van der Waals surface area contributed by atoms with Crippen LogP contribution < -0.4 is 10.3 Å². The van der Waals surface area contributed by atoms with Crippen LogP contribution in [0.25, 0.3) is 16.7 Å². The summed E-state index contributed by atoms with van der Waals surface area (Å²) in [5.74, 6) is 0.491. The Labute approximate surface area is 124 Å². The number of aromatic nitrogens is 3. The molecule has 106 valence electrons. The Hall–Kier alpha value is -2.49. The van der Waals surface area contributed by atoms with Gasteiger partial charge >= 0.3 is 0 Å². The molecule has 0 amide bonds. The van der Waals surface area contributed by atoms with Crippen molar-refractivity contribution in [3.8, 4) is 5.69 Å². The molecule has 2 N–H and O–H groups in total. The van der Waals surface area contributed by atoms with E-state index in [2.05, 4.69) is 65.9 Å². The normalized spacial score (nSPS) is 11.8. The van der Waals surface area contributed by atoms with Crippen molar-refractivity contribution in [3.05, 3.63) is 54.5 Å². The molecule has 0 radical (unpaired) electrons. The molecule has 0 aromatic carbocycles. The van der Waals surface area contributed by atoms with Gasteiger partial charge in [0.2, 0.25) is 5.69 Å². The van der Waals surface area contributed by atoms with Crippen LogP contribution in [0.15, 0.2) is 48.9 Å². The van der Waals surface area contributed by atoms with Crippen LogP contribution in [-0.4, -0.2) is 9.97 Å². The third-order valence-electron chi connectivity index (χ3n) is 3.54. The predicted octanol–water partition coefficient (Wildman–Crippen LogP) is 2.79. The number of nitrogens with two attached hydrogens (primary N) is 1. The van der Waals surface area contributed by atoms with Gasteiger partial charge in [-0.15, -0.1) is 0 Å². The third-order valence-corrected chi connectivity index (χ3v) is 3.54. The van der Waals surface area contributed by atoms with Crippen molar-refractivity contribution < 1.29 is 4.57 Å². The third kappa shape index (κ3) is 2.70. The lowest BCUT2D eigenvalue weighted by Gasteiger charge is -2.17. The standard InChI is InChI=1S/C17H19N4/c1-17(2,3)13-6-8-21(9-7-13)14-10-12-4-5-15(18)20-16(12)19-11-14/h4-11H,1-3H3,(H2,18,19,20)/q+1. The van der Waals surface area contributed by atoms with Crippen molar-refractivity contribution in [3.63, 3.8) is 0 Å². The van der Waals surface area contributed by atoms with Gasteiger partial charge in [-0.2, -0.15) is 4.57 Å². The molecule has 0 saturated carbocycles. The first kappa shape index (κ1) is 13.5. The lowest BCUT2D eigenvalue weighted by atomic mass is 9.88. The molecule has 4 nitrogen and oxygen atoms in total. The van der Waals surface area contributed by atoms with E-state index in [0.717, 1.165) is 11.1 Å². The summed E-state index contributed by atoms with van der Waals surface area (Å²) in [4.78, 5) is 8.59. The van der Waals surface area contributed by atoms with Gasteiger partial charge in [-0.1, -0.05) is 20.8 Å². The Kier molecular flexibility index (Phi) is 3.09. The maximum Gasteiger partial charge on any atom is 0.229 e. The molecule has 0 fully saturated rings. The van der Waals surface area contributed by atoms with Crippen LogP contribution in [0.2, 0.25) is 0 Å². The van der Waals surface area contributed by atoms with E-state index in [1.165, 1.54) is 5.56 Å². The van der Waals surface area contributed by atoms with Gasteiger partial charge in [0.1, 0.15) is 12.0 Å². The van der Waals surface area contributed by atoms with Gasteiger partial charge in [0.15, 0.2) is 18.0 Å². The fourth-order valence-electron chi connectivity index (χ4n) is 2.25. The average Bonchev–Trinajstić information content (AvgIpc) is 2.46. The SMILES string of the molecule is CC(C)(C)c1cc[n+](-c2cnc3nc(N)ccc3c2)cc1. The summed E-state index contributed by atoms with van der Waals surface area (Å²) in [6, 6.07) is 10.1. The number of hydrogen-bond acceptors (Lipinski definition) is 3. The zero-order chi connectivity index (χ0) is 15.0. The summed E-state index contributed by atoms with van der Waals surface area (Å²) in [6.45, 7) is 6.63. The number of fused-ring (bicyclic) bond motifs is 1. The number of nitrogens with zero attached hydrogens (tertiary/aromatic N) is 3. The molecule has 3 aromatic rings. The molecule has 0 bridgehead atoms. The first-order chi connectivity index (χ1) is 9.93. The number of rotatable bonds is 1. The summed E-state index contributed by atoms with van der Waals surface area (Å²) < 4.78 is 2.05. The summed E-state index contributed by atoms with van der Waals surface area (Å²) in [5.41, 5.74) is 8.82. The molecule has 0 atom stereocenters. The Bertz CT molecular complexity index is 786. The number of nitrogen functional groups attached to an aromatic ring is 1. The van der Waals surface area contributed by atoms with Crippen LogP contribution in [0.5, 0.6) is 0 Å². The predicted molar refractivity (Wildman–Crippen MR) is 84.2 cm³/mol. The van der Waals surface area contributed by atoms with E-state index in [0.29, 0.717) is 11.5 Å². The van der Waals surface area contributed by atoms with Crippen molar-refractivity contribution in [1.82, 2.24) is 9.97 Å². The summed E-state index contributed by atoms with van der Waals surface area (Å²) in [6.07, 6.45) is 5.94. The summed E-state index contributed by atoms with van der Waals surface area (Å²) in [5, 5.41) is 0.981. The second kappa shape index (κ2) is 4.81. The highest BCUT2D eigenvalue weighted by Crippen LogP contribution is 2.20. The molecule has 0 spiro atoms. The fraction of sp³-hybridized carbons (Fsp3) is 0.235. The molecule has 3 heterocycles. The molecule has 0 aliphatic rings. The molecule has 0 aliphatic carbocycles. The molecule has 3 rings (SSSR count). The quantitative estimate of drug-likeness (QED) is 0.697. The molecule has 0 saturated heterocycles. The average molecular weight is 279 g/mol. The Balaban J connectivity index is 2.02. The van der Waals surface area contributed by atoms with Gasteiger partial charge < -0.3 is 5.73 Å². The first-order valence-corrected chi connectivity index (χ1v) is 6.98. The van der Waals surface area contributed by atoms with Crippen LogP contribution in [0.4, 0.5) is 5.82 Å². The summed E-state index contributed by atoms with van der Waals surface area (Å²) in [7, 11) is 0. The highest BCUT2D eigenvalue weighted by molar-refractivity contribution is 5.77. The van der Waals surface area contributed by atoms with Crippen LogP contribution in [0.3, 0.4) is 0 Å². The maximum atomic E-state index is 5.67. The number of pyridine rings is 3. The molecule has 4 heteroatoms. The fourth-order valence-corrected chi connectivity index (χ4v) is 2.25. The van der Waals surface area contributed by atoms with Gasteiger partial charge in [-0.25, -0.2) is 9.97 Å².